The van der Waals surface area contributed by atoms with Gasteiger partial charge in [-0.25, -0.2) is 0 Å². The van der Waals surface area contributed by atoms with Gasteiger partial charge in [-0.15, -0.1) is 0 Å². The van der Waals surface area contributed by atoms with Gasteiger partial charge in [0.1, 0.15) is 36.6 Å². The molecule has 10 heteroatoms. The Kier molecular flexibility index (Phi) is 8.75. The van der Waals surface area contributed by atoms with E-state index in [2.05, 4.69) is 5.32 Å². The van der Waals surface area contributed by atoms with Crippen molar-refractivity contribution >= 4 is 18.2 Å². The maximum absolute atomic E-state index is 11.7. The Bertz CT molecular complexity index is 389. The van der Waals surface area contributed by atoms with Crippen molar-refractivity contribution in [3.05, 3.63) is 0 Å². The second-order valence-electron chi connectivity index (χ2n) is 4.68. The molecule has 0 fully saturated rings. The zero-order valence-electron chi connectivity index (χ0n) is 12.1. The van der Waals surface area contributed by atoms with Crippen LogP contribution in [0, 0.1) is 0 Å². The fourth-order valence-electron chi connectivity index (χ4n) is 1.46. The second kappa shape index (κ2) is 9.43. The second-order valence-corrected chi connectivity index (χ2v) is 4.68. The van der Waals surface area contributed by atoms with Gasteiger partial charge in [0.25, 0.3) is 0 Å². The lowest BCUT2D eigenvalue weighted by Gasteiger charge is -2.29. The number of amides is 1. The smallest absolute Gasteiger partial charge is 0.325 e. The fraction of sp³-hybridized carbons (Fsp3) is 0.750. The minimum Gasteiger partial charge on any atom is -0.480 e. The summed E-state index contributed by atoms with van der Waals surface area (Å²) < 4.78 is 5.02. The summed E-state index contributed by atoms with van der Waals surface area (Å²) in [4.78, 5) is 32.9. The van der Waals surface area contributed by atoms with Crippen molar-refractivity contribution in [1.82, 2.24) is 5.32 Å². The zero-order valence-corrected chi connectivity index (χ0v) is 12.1. The predicted molar refractivity (Wildman–Crippen MR) is 70.7 cm³/mol. The van der Waals surface area contributed by atoms with Crippen molar-refractivity contribution in [3.63, 3.8) is 0 Å². The molecule has 0 aliphatic carbocycles. The Balaban J connectivity index is 4.88. The average Bonchev–Trinajstić information content (AvgIpc) is 2.49. The molecule has 6 atom stereocenters. The number of rotatable bonds is 10. The Labute approximate surface area is 126 Å². The van der Waals surface area contributed by atoms with Crippen molar-refractivity contribution in [3.8, 4) is 0 Å². The average molecular weight is 323 g/mol. The molecule has 128 valence electrons. The largest absolute Gasteiger partial charge is 0.480 e. The van der Waals surface area contributed by atoms with Crippen LogP contribution >= 0.6 is 0 Å². The third-order valence-corrected chi connectivity index (χ3v) is 2.85. The lowest BCUT2D eigenvalue weighted by Crippen LogP contribution is -2.52. The van der Waals surface area contributed by atoms with E-state index in [0.717, 1.165) is 0 Å². The number of aliphatic carboxylic acids is 1. The number of ether oxygens (including phenoxy) is 1. The van der Waals surface area contributed by atoms with Crippen LogP contribution in [0.15, 0.2) is 0 Å². The van der Waals surface area contributed by atoms with Gasteiger partial charge in [0.15, 0.2) is 6.29 Å². The number of aldehydes is 1. The van der Waals surface area contributed by atoms with Crippen LogP contribution in [-0.2, 0) is 19.1 Å². The number of carbonyl (C=O) groups is 3. The van der Waals surface area contributed by atoms with Gasteiger partial charge in [0.2, 0.25) is 5.91 Å². The minimum atomic E-state index is -1.86. The minimum absolute atomic E-state index is 0.0302. The number of carboxylic acids is 1. The van der Waals surface area contributed by atoms with Gasteiger partial charge in [-0.2, -0.15) is 0 Å². The molecule has 0 saturated heterocycles. The summed E-state index contributed by atoms with van der Waals surface area (Å²) in [6.45, 7) is 1.56. The summed E-state index contributed by atoms with van der Waals surface area (Å²) in [6, 6.07) is -1.19. The quantitative estimate of drug-likeness (QED) is 0.224. The summed E-state index contributed by atoms with van der Waals surface area (Å²) in [5.74, 6) is -2.13. The first-order chi connectivity index (χ1) is 10.1. The highest BCUT2D eigenvalue weighted by Gasteiger charge is 2.35. The van der Waals surface area contributed by atoms with E-state index in [9.17, 15) is 29.7 Å². The first kappa shape index (κ1) is 20.4. The van der Waals surface area contributed by atoms with Crippen LogP contribution in [0.5, 0.6) is 0 Å². The summed E-state index contributed by atoms with van der Waals surface area (Å²) in [5.41, 5.74) is 0. The van der Waals surface area contributed by atoms with E-state index in [-0.39, 0.29) is 6.29 Å². The van der Waals surface area contributed by atoms with Crippen molar-refractivity contribution < 1.29 is 44.7 Å². The van der Waals surface area contributed by atoms with Crippen LogP contribution < -0.4 is 5.32 Å². The maximum atomic E-state index is 11.7. The zero-order chi connectivity index (χ0) is 17.4. The van der Waals surface area contributed by atoms with E-state index in [4.69, 9.17) is 14.9 Å². The number of carbonyl (C=O) groups excluding carboxylic acids is 2. The molecule has 0 unspecified atom stereocenters. The Hall–Kier alpha value is -1.59. The van der Waals surface area contributed by atoms with E-state index in [1.54, 1.807) is 0 Å². The summed E-state index contributed by atoms with van der Waals surface area (Å²) in [6.07, 6.45) is -8.38. The SMILES string of the molecule is C[C@@H](NC(=O)[C@@H](C)O[C@H]([C@H](O)[C@H](O)CO)[C@H](O)C=O)C(=O)O. The molecule has 0 aromatic heterocycles. The van der Waals surface area contributed by atoms with Crippen molar-refractivity contribution in [2.45, 2.75) is 50.4 Å². The van der Waals surface area contributed by atoms with Gasteiger partial charge in [-0.05, 0) is 13.8 Å². The standard InChI is InChI=1S/C12H21NO9/c1-5(12(20)21)13-11(19)6(2)22-10(8(17)4-15)9(18)7(16)3-14/h4-10,14,16-18H,3H2,1-2H3,(H,13,19)(H,20,21)/t5-,6-,7-,8-,9-,10+/m1/s1. The third kappa shape index (κ3) is 6.03. The van der Waals surface area contributed by atoms with Gasteiger partial charge >= 0.3 is 5.97 Å². The number of aliphatic hydroxyl groups is 4. The normalized spacial score (nSPS) is 19.4. The summed E-state index contributed by atoms with van der Waals surface area (Å²) >= 11 is 0. The Morgan fingerprint density at radius 2 is 1.77 bits per heavy atom. The van der Waals surface area contributed by atoms with E-state index < -0.39 is 55.0 Å². The molecule has 0 aromatic rings. The van der Waals surface area contributed by atoms with Crippen LogP contribution in [-0.4, -0.2) is 86.9 Å². The maximum Gasteiger partial charge on any atom is 0.325 e. The first-order valence-electron chi connectivity index (χ1n) is 6.44. The molecule has 0 radical (unpaired) electrons. The van der Waals surface area contributed by atoms with Gasteiger partial charge in [0.05, 0.1) is 6.61 Å². The van der Waals surface area contributed by atoms with Crippen LogP contribution in [0.1, 0.15) is 13.8 Å². The number of nitrogens with one attached hydrogen (secondary N) is 1. The van der Waals surface area contributed by atoms with Crippen LogP contribution in [0.2, 0.25) is 0 Å². The third-order valence-electron chi connectivity index (χ3n) is 2.85. The van der Waals surface area contributed by atoms with Crippen LogP contribution in [0.4, 0.5) is 0 Å². The van der Waals surface area contributed by atoms with E-state index in [0.29, 0.717) is 0 Å². The molecule has 0 bridgehead atoms. The molecule has 0 aliphatic heterocycles. The highest BCUT2D eigenvalue weighted by Crippen LogP contribution is 2.12. The molecule has 22 heavy (non-hydrogen) atoms. The molecule has 0 heterocycles. The Morgan fingerprint density at radius 3 is 2.18 bits per heavy atom. The summed E-state index contributed by atoms with van der Waals surface area (Å²) in [5, 5.41) is 48.0. The summed E-state index contributed by atoms with van der Waals surface area (Å²) in [7, 11) is 0. The van der Waals surface area contributed by atoms with Gasteiger partial charge in [0, 0.05) is 0 Å². The molecule has 0 rings (SSSR count). The predicted octanol–water partition coefficient (Wildman–Crippen LogP) is -3.38. The van der Waals surface area contributed by atoms with Crippen molar-refractivity contribution in [2.75, 3.05) is 6.61 Å². The van der Waals surface area contributed by atoms with Gasteiger partial charge in [-0.3, -0.25) is 9.59 Å². The lowest BCUT2D eigenvalue weighted by molar-refractivity contribution is -0.170. The van der Waals surface area contributed by atoms with Crippen molar-refractivity contribution in [2.24, 2.45) is 0 Å². The highest BCUT2D eigenvalue weighted by molar-refractivity contribution is 5.85. The Morgan fingerprint density at radius 1 is 1.23 bits per heavy atom. The fourth-order valence-corrected chi connectivity index (χ4v) is 1.46. The number of aliphatic hydroxyl groups excluding tert-OH is 4. The molecule has 0 aromatic carbocycles. The molecule has 6 N–H and O–H groups in total. The van der Waals surface area contributed by atoms with Crippen LogP contribution in [0.25, 0.3) is 0 Å². The van der Waals surface area contributed by atoms with Gasteiger partial charge in [-0.1, -0.05) is 0 Å². The van der Waals surface area contributed by atoms with Crippen molar-refractivity contribution in [1.29, 1.82) is 0 Å². The molecule has 10 nitrogen and oxygen atoms in total. The monoisotopic (exact) mass is 323 g/mol. The molecule has 0 aliphatic rings. The molecular weight excluding hydrogens is 302 g/mol. The molecular formula is C12H21NO9. The molecule has 0 spiro atoms. The lowest BCUT2D eigenvalue weighted by atomic mass is 10.0. The van der Waals surface area contributed by atoms with Crippen LogP contribution in [0.3, 0.4) is 0 Å². The molecule has 1 amide bonds. The topological polar surface area (TPSA) is 174 Å². The highest BCUT2D eigenvalue weighted by atomic mass is 16.5. The number of hydrogen-bond donors (Lipinski definition) is 6. The van der Waals surface area contributed by atoms with Gasteiger partial charge < -0.3 is 40.4 Å². The number of carboxylic acid groups (broad SMARTS) is 1. The molecule has 0 saturated carbocycles. The number of hydrogen-bond acceptors (Lipinski definition) is 8. The van der Waals surface area contributed by atoms with E-state index in [1.807, 2.05) is 0 Å². The first-order valence-corrected chi connectivity index (χ1v) is 6.44. The van der Waals surface area contributed by atoms with E-state index >= 15 is 0 Å². The van der Waals surface area contributed by atoms with E-state index in [1.165, 1.54) is 13.8 Å².